The maximum atomic E-state index is 5.66. The summed E-state index contributed by atoms with van der Waals surface area (Å²) in [5.74, 6) is 2.66. The van der Waals surface area contributed by atoms with Gasteiger partial charge in [-0.05, 0) is 49.6 Å². The highest BCUT2D eigenvalue weighted by molar-refractivity contribution is 5.79. The van der Waals surface area contributed by atoms with Crippen LogP contribution in [0.3, 0.4) is 0 Å². The number of nitrogens with zero attached hydrogens (tertiary/aromatic N) is 1. The van der Waals surface area contributed by atoms with E-state index in [9.17, 15) is 0 Å². The van der Waals surface area contributed by atoms with Crippen molar-refractivity contribution < 1.29 is 14.2 Å². The summed E-state index contributed by atoms with van der Waals surface area (Å²) in [6, 6.07) is 12.2. The Kier molecular flexibility index (Phi) is 8.46. The van der Waals surface area contributed by atoms with Crippen LogP contribution in [-0.4, -0.2) is 33.3 Å². The Bertz CT molecular complexity index is 765. The number of benzene rings is 2. The van der Waals surface area contributed by atoms with Gasteiger partial charge in [0.25, 0.3) is 0 Å². The molecule has 0 spiro atoms. The lowest BCUT2D eigenvalue weighted by Crippen LogP contribution is -2.36. The third-order valence-corrected chi connectivity index (χ3v) is 4.28. The Hall–Kier alpha value is -2.89. The summed E-state index contributed by atoms with van der Waals surface area (Å²) < 4.78 is 16.6. The van der Waals surface area contributed by atoms with E-state index in [1.165, 1.54) is 11.1 Å². The highest BCUT2D eigenvalue weighted by Crippen LogP contribution is 2.38. The van der Waals surface area contributed by atoms with E-state index in [1.807, 2.05) is 38.1 Å². The van der Waals surface area contributed by atoms with Crippen molar-refractivity contribution in [1.29, 1.82) is 0 Å². The van der Waals surface area contributed by atoms with Crippen molar-refractivity contribution >= 4 is 5.96 Å². The standard InChI is InChI=1S/C22H31N3O3/c1-6-23-22(25-15-18-11-9-8-10-16(18)3)24-14-17-12-19(26-4)21(28-7-2)20(13-17)27-5/h8-13H,6-7,14-15H2,1-5H3,(H2,23,24,25). The van der Waals surface area contributed by atoms with Gasteiger partial charge < -0.3 is 24.8 Å². The van der Waals surface area contributed by atoms with Crippen molar-refractivity contribution in [1.82, 2.24) is 10.6 Å². The lowest BCUT2D eigenvalue weighted by atomic mass is 10.1. The summed E-state index contributed by atoms with van der Waals surface area (Å²) in [7, 11) is 3.25. The van der Waals surface area contributed by atoms with Crippen LogP contribution in [0.15, 0.2) is 41.4 Å². The zero-order valence-corrected chi connectivity index (χ0v) is 17.5. The van der Waals surface area contributed by atoms with Crippen molar-refractivity contribution in [2.45, 2.75) is 33.9 Å². The van der Waals surface area contributed by atoms with E-state index in [0.29, 0.717) is 36.9 Å². The molecule has 28 heavy (non-hydrogen) atoms. The van der Waals surface area contributed by atoms with E-state index < -0.39 is 0 Å². The lowest BCUT2D eigenvalue weighted by molar-refractivity contribution is 0.288. The number of methoxy groups -OCH3 is 2. The second kappa shape index (κ2) is 11.1. The zero-order chi connectivity index (χ0) is 20.4. The molecule has 0 radical (unpaired) electrons. The summed E-state index contributed by atoms with van der Waals surface area (Å²) in [5.41, 5.74) is 3.48. The van der Waals surface area contributed by atoms with Gasteiger partial charge in [-0.3, -0.25) is 0 Å². The smallest absolute Gasteiger partial charge is 0.203 e. The third-order valence-electron chi connectivity index (χ3n) is 4.28. The average molecular weight is 386 g/mol. The first-order valence-electron chi connectivity index (χ1n) is 9.57. The molecule has 0 aliphatic carbocycles. The molecule has 0 heterocycles. The summed E-state index contributed by atoms with van der Waals surface area (Å²) in [6.07, 6.45) is 0. The van der Waals surface area contributed by atoms with Crippen LogP contribution >= 0.6 is 0 Å². The first kappa shape index (κ1) is 21.4. The second-order valence-electron chi connectivity index (χ2n) is 6.24. The summed E-state index contributed by atoms with van der Waals surface area (Å²) in [4.78, 5) is 4.70. The molecule has 2 N–H and O–H groups in total. The van der Waals surface area contributed by atoms with Crippen LogP contribution in [0.5, 0.6) is 17.2 Å². The molecule has 2 aromatic carbocycles. The molecular weight excluding hydrogens is 354 g/mol. The molecule has 0 amide bonds. The molecule has 0 bridgehead atoms. The minimum absolute atomic E-state index is 0.488. The monoisotopic (exact) mass is 385 g/mol. The highest BCUT2D eigenvalue weighted by Gasteiger charge is 2.13. The number of guanidine groups is 1. The minimum atomic E-state index is 0.488. The van der Waals surface area contributed by atoms with E-state index in [2.05, 4.69) is 29.7 Å². The fraction of sp³-hybridized carbons (Fsp3) is 0.409. The second-order valence-corrected chi connectivity index (χ2v) is 6.24. The van der Waals surface area contributed by atoms with Crippen LogP contribution in [-0.2, 0) is 13.1 Å². The molecule has 2 aromatic rings. The maximum Gasteiger partial charge on any atom is 0.203 e. The number of nitrogens with one attached hydrogen (secondary N) is 2. The molecule has 0 aromatic heterocycles. The average Bonchev–Trinajstić information content (AvgIpc) is 2.71. The van der Waals surface area contributed by atoms with Gasteiger partial charge in [0.05, 0.1) is 27.4 Å². The molecule has 152 valence electrons. The van der Waals surface area contributed by atoms with Crippen molar-refractivity contribution in [2.24, 2.45) is 4.99 Å². The van der Waals surface area contributed by atoms with Crippen LogP contribution in [0.2, 0.25) is 0 Å². The Labute approximate surface area is 167 Å². The van der Waals surface area contributed by atoms with Gasteiger partial charge in [0.2, 0.25) is 5.75 Å². The first-order valence-corrected chi connectivity index (χ1v) is 9.57. The van der Waals surface area contributed by atoms with Gasteiger partial charge in [0, 0.05) is 13.1 Å². The Balaban J connectivity index is 2.16. The largest absolute Gasteiger partial charge is 0.493 e. The predicted molar refractivity (Wildman–Crippen MR) is 114 cm³/mol. The Morgan fingerprint density at radius 3 is 2.25 bits per heavy atom. The highest BCUT2D eigenvalue weighted by atomic mass is 16.5. The van der Waals surface area contributed by atoms with Crippen molar-refractivity contribution in [2.75, 3.05) is 27.4 Å². The zero-order valence-electron chi connectivity index (χ0n) is 17.5. The van der Waals surface area contributed by atoms with Gasteiger partial charge >= 0.3 is 0 Å². The van der Waals surface area contributed by atoms with Gasteiger partial charge in [-0.1, -0.05) is 24.3 Å². The third kappa shape index (κ3) is 5.81. The topological polar surface area (TPSA) is 64.1 Å². The van der Waals surface area contributed by atoms with E-state index in [0.717, 1.165) is 18.1 Å². The summed E-state index contributed by atoms with van der Waals surface area (Å²) in [5, 5.41) is 6.67. The molecule has 2 rings (SSSR count). The normalized spacial score (nSPS) is 11.1. The van der Waals surface area contributed by atoms with Gasteiger partial charge in [-0.25, -0.2) is 4.99 Å². The molecule has 6 nitrogen and oxygen atoms in total. The molecule has 0 unspecified atom stereocenters. The molecule has 0 saturated heterocycles. The Morgan fingerprint density at radius 2 is 1.68 bits per heavy atom. The first-order chi connectivity index (χ1) is 13.6. The number of ether oxygens (including phenoxy) is 3. The Morgan fingerprint density at radius 1 is 1.00 bits per heavy atom. The van der Waals surface area contributed by atoms with E-state index in [-0.39, 0.29) is 0 Å². The summed E-state index contributed by atoms with van der Waals surface area (Å²) in [6.45, 7) is 8.62. The number of aliphatic imine (C=N–C) groups is 1. The van der Waals surface area contributed by atoms with E-state index in [1.54, 1.807) is 14.2 Å². The van der Waals surface area contributed by atoms with Gasteiger partial charge in [0.1, 0.15) is 0 Å². The van der Waals surface area contributed by atoms with Crippen molar-refractivity contribution in [3.63, 3.8) is 0 Å². The molecular formula is C22H31N3O3. The van der Waals surface area contributed by atoms with E-state index in [4.69, 9.17) is 19.2 Å². The summed E-state index contributed by atoms with van der Waals surface area (Å²) >= 11 is 0. The van der Waals surface area contributed by atoms with E-state index >= 15 is 0 Å². The lowest BCUT2D eigenvalue weighted by Gasteiger charge is -2.15. The van der Waals surface area contributed by atoms with Crippen LogP contribution in [0.4, 0.5) is 0 Å². The minimum Gasteiger partial charge on any atom is -0.493 e. The fourth-order valence-corrected chi connectivity index (χ4v) is 2.81. The van der Waals surface area contributed by atoms with Crippen molar-refractivity contribution in [3.05, 3.63) is 53.1 Å². The molecule has 6 heteroatoms. The molecule has 0 saturated carbocycles. The van der Waals surface area contributed by atoms with Gasteiger partial charge in [-0.15, -0.1) is 0 Å². The SMILES string of the molecule is CCNC(=NCc1cc(OC)c(OCC)c(OC)c1)NCc1ccccc1C. The van der Waals surface area contributed by atoms with Crippen LogP contribution in [0, 0.1) is 6.92 Å². The van der Waals surface area contributed by atoms with Crippen LogP contribution < -0.4 is 24.8 Å². The van der Waals surface area contributed by atoms with Gasteiger partial charge in [0.15, 0.2) is 17.5 Å². The number of rotatable bonds is 9. The van der Waals surface area contributed by atoms with Crippen molar-refractivity contribution in [3.8, 4) is 17.2 Å². The molecule has 0 atom stereocenters. The molecule has 0 aliphatic rings. The quantitative estimate of drug-likeness (QED) is 0.509. The number of aryl methyl sites for hydroxylation is 1. The van der Waals surface area contributed by atoms with Crippen LogP contribution in [0.1, 0.15) is 30.5 Å². The molecule has 0 aliphatic heterocycles. The number of hydrogen-bond donors (Lipinski definition) is 2. The fourth-order valence-electron chi connectivity index (χ4n) is 2.81. The molecule has 0 fully saturated rings. The number of hydrogen-bond acceptors (Lipinski definition) is 4. The van der Waals surface area contributed by atoms with Crippen LogP contribution in [0.25, 0.3) is 0 Å². The predicted octanol–water partition coefficient (Wildman–Crippen LogP) is 3.67. The van der Waals surface area contributed by atoms with Gasteiger partial charge in [-0.2, -0.15) is 0 Å². The maximum absolute atomic E-state index is 5.66.